The third-order valence-electron chi connectivity index (χ3n) is 4.49. The van der Waals surface area contributed by atoms with Crippen molar-refractivity contribution in [3.63, 3.8) is 0 Å². The van der Waals surface area contributed by atoms with Crippen molar-refractivity contribution in [2.45, 2.75) is 44.4 Å². The maximum atomic E-state index is 12.6. The van der Waals surface area contributed by atoms with Gasteiger partial charge in [0, 0.05) is 6.54 Å². The molecule has 126 valence electrons. The largest absolute Gasteiger partial charge is 0.481 e. The first-order chi connectivity index (χ1) is 10.9. The van der Waals surface area contributed by atoms with Crippen molar-refractivity contribution in [1.29, 1.82) is 0 Å². The summed E-state index contributed by atoms with van der Waals surface area (Å²) in [5.41, 5.74) is 7.01. The second-order valence-electron chi connectivity index (χ2n) is 6.15. The first-order valence-corrected chi connectivity index (χ1v) is 7.92. The molecule has 2 unspecified atom stereocenters. The highest BCUT2D eigenvalue weighted by molar-refractivity contribution is 5.82. The predicted octanol–water partition coefficient (Wildman–Crippen LogP) is 0.629. The van der Waals surface area contributed by atoms with Gasteiger partial charge in [-0.05, 0) is 31.7 Å². The molecule has 1 aliphatic rings. The zero-order chi connectivity index (χ0) is 17.0. The maximum absolute atomic E-state index is 12.6. The van der Waals surface area contributed by atoms with Crippen molar-refractivity contribution >= 4 is 11.9 Å². The Bertz CT molecular complexity index is 549. The summed E-state index contributed by atoms with van der Waals surface area (Å²) in [6.45, 7) is 1.97. The smallest absolute Gasteiger partial charge is 0.308 e. The Labute approximate surface area is 135 Å². The minimum atomic E-state index is -1.08. The fourth-order valence-electron chi connectivity index (χ4n) is 3.07. The van der Waals surface area contributed by atoms with Crippen molar-refractivity contribution in [2.24, 2.45) is 11.7 Å². The van der Waals surface area contributed by atoms with Gasteiger partial charge < -0.3 is 20.8 Å². The number of carboxylic acid groups (broad SMARTS) is 1. The molecule has 1 aromatic carbocycles. The Morgan fingerprint density at radius 2 is 2.00 bits per heavy atom. The molecule has 1 aliphatic heterocycles. The fourth-order valence-corrected chi connectivity index (χ4v) is 3.07. The average molecular weight is 320 g/mol. The number of nitrogens with zero attached hydrogens (tertiary/aromatic N) is 1. The summed E-state index contributed by atoms with van der Waals surface area (Å²) in [4.78, 5) is 25.2. The first kappa shape index (κ1) is 17.4. The highest BCUT2D eigenvalue weighted by Gasteiger charge is 2.39. The van der Waals surface area contributed by atoms with E-state index < -0.39 is 30.1 Å². The van der Waals surface area contributed by atoms with Crippen LogP contribution in [0.15, 0.2) is 30.3 Å². The second kappa shape index (κ2) is 7.57. The van der Waals surface area contributed by atoms with E-state index in [4.69, 9.17) is 10.8 Å². The van der Waals surface area contributed by atoms with E-state index >= 15 is 0 Å². The number of carbonyl (C=O) groups is 2. The topological polar surface area (TPSA) is 104 Å². The summed E-state index contributed by atoms with van der Waals surface area (Å²) in [7, 11) is 0. The molecule has 6 nitrogen and oxygen atoms in total. The normalized spacial score (nSPS) is 21.7. The molecule has 0 radical (unpaired) electrons. The van der Waals surface area contributed by atoms with Crippen LogP contribution < -0.4 is 5.73 Å². The summed E-state index contributed by atoms with van der Waals surface area (Å²) in [5, 5.41) is 19.3. The van der Waals surface area contributed by atoms with Crippen LogP contribution in [0.4, 0.5) is 0 Å². The summed E-state index contributed by atoms with van der Waals surface area (Å²) < 4.78 is 0. The molecule has 23 heavy (non-hydrogen) atoms. The summed E-state index contributed by atoms with van der Waals surface area (Å²) in [6, 6.07) is 8.34. The molecule has 4 atom stereocenters. The van der Waals surface area contributed by atoms with Crippen LogP contribution >= 0.6 is 0 Å². The van der Waals surface area contributed by atoms with Gasteiger partial charge in [0.1, 0.15) is 0 Å². The Morgan fingerprint density at radius 3 is 2.61 bits per heavy atom. The van der Waals surface area contributed by atoms with Gasteiger partial charge in [0.25, 0.3) is 0 Å². The molecule has 6 heteroatoms. The molecule has 0 aromatic heterocycles. The van der Waals surface area contributed by atoms with Crippen LogP contribution in [-0.2, 0) is 16.0 Å². The monoisotopic (exact) mass is 320 g/mol. The number of carbonyl (C=O) groups excluding carboxylic acids is 1. The zero-order valence-electron chi connectivity index (χ0n) is 13.3. The van der Waals surface area contributed by atoms with Gasteiger partial charge in [-0.3, -0.25) is 9.59 Å². The number of hydrogen-bond acceptors (Lipinski definition) is 4. The number of carboxylic acids is 1. The molecule has 0 saturated carbocycles. The number of rotatable bonds is 6. The van der Waals surface area contributed by atoms with Crippen LogP contribution in [0.25, 0.3) is 0 Å². The van der Waals surface area contributed by atoms with E-state index in [9.17, 15) is 14.7 Å². The van der Waals surface area contributed by atoms with Crippen LogP contribution in [0.1, 0.15) is 25.3 Å². The standard InChI is InChI=1S/C17H24N2O4/c1-11(17(22)23)15(20)14-8-5-9-19(14)16(21)13(18)10-12-6-3-2-4-7-12/h2-4,6-7,11,13-15,20H,5,8-10,18H2,1H3,(H,22,23)/t11?,13-,14+,15?/m1/s1. The minimum Gasteiger partial charge on any atom is -0.481 e. The number of aliphatic hydroxyl groups is 1. The van der Waals surface area contributed by atoms with Crippen molar-refractivity contribution in [2.75, 3.05) is 6.54 Å². The summed E-state index contributed by atoms with van der Waals surface area (Å²) in [6.07, 6.45) is 0.691. The van der Waals surface area contributed by atoms with Gasteiger partial charge in [-0.15, -0.1) is 0 Å². The molecular weight excluding hydrogens is 296 g/mol. The predicted molar refractivity (Wildman–Crippen MR) is 85.7 cm³/mol. The lowest BCUT2D eigenvalue weighted by Crippen LogP contribution is -2.52. The maximum Gasteiger partial charge on any atom is 0.308 e. The van der Waals surface area contributed by atoms with Gasteiger partial charge in [0.2, 0.25) is 5.91 Å². The SMILES string of the molecule is CC(C(=O)O)C(O)[C@@H]1CCCN1C(=O)[C@H](N)Cc1ccccc1. The van der Waals surface area contributed by atoms with Gasteiger partial charge >= 0.3 is 5.97 Å². The Kier molecular flexibility index (Phi) is 5.74. The van der Waals surface area contributed by atoms with E-state index in [1.807, 2.05) is 30.3 Å². The number of aliphatic hydroxyl groups excluding tert-OH is 1. The van der Waals surface area contributed by atoms with Crippen LogP contribution in [0.2, 0.25) is 0 Å². The van der Waals surface area contributed by atoms with E-state index in [1.54, 1.807) is 4.90 Å². The van der Waals surface area contributed by atoms with Crippen LogP contribution in [0.3, 0.4) is 0 Å². The van der Waals surface area contributed by atoms with E-state index in [0.29, 0.717) is 19.4 Å². The van der Waals surface area contributed by atoms with Gasteiger partial charge in [-0.25, -0.2) is 0 Å². The van der Waals surface area contributed by atoms with Gasteiger partial charge in [-0.2, -0.15) is 0 Å². The zero-order valence-corrected chi connectivity index (χ0v) is 13.3. The molecule has 0 spiro atoms. The van der Waals surface area contributed by atoms with Crippen molar-refractivity contribution in [3.8, 4) is 0 Å². The number of hydrogen-bond donors (Lipinski definition) is 3. The first-order valence-electron chi connectivity index (χ1n) is 7.92. The lowest BCUT2D eigenvalue weighted by atomic mass is 9.95. The summed E-state index contributed by atoms with van der Waals surface area (Å²) in [5.74, 6) is -2.21. The third-order valence-corrected chi connectivity index (χ3v) is 4.49. The van der Waals surface area contributed by atoms with E-state index in [2.05, 4.69) is 0 Å². The average Bonchev–Trinajstić information content (AvgIpc) is 3.02. The Balaban J connectivity index is 2.03. The number of benzene rings is 1. The Morgan fingerprint density at radius 1 is 1.35 bits per heavy atom. The molecule has 1 saturated heterocycles. The van der Waals surface area contributed by atoms with Crippen LogP contribution in [-0.4, -0.2) is 51.7 Å². The molecular formula is C17H24N2O4. The molecule has 0 aliphatic carbocycles. The van der Waals surface area contributed by atoms with E-state index in [1.165, 1.54) is 6.92 Å². The van der Waals surface area contributed by atoms with Crippen molar-refractivity contribution in [1.82, 2.24) is 4.90 Å². The molecule has 1 aromatic rings. The molecule has 1 heterocycles. The lowest BCUT2D eigenvalue weighted by molar-refractivity contribution is -0.149. The van der Waals surface area contributed by atoms with Crippen molar-refractivity contribution < 1.29 is 19.8 Å². The van der Waals surface area contributed by atoms with Crippen LogP contribution in [0, 0.1) is 5.92 Å². The molecule has 1 amide bonds. The van der Waals surface area contributed by atoms with Crippen LogP contribution in [0.5, 0.6) is 0 Å². The number of nitrogens with two attached hydrogens (primary N) is 1. The summed E-state index contributed by atoms with van der Waals surface area (Å²) >= 11 is 0. The second-order valence-corrected chi connectivity index (χ2v) is 6.15. The quantitative estimate of drug-likeness (QED) is 0.713. The molecule has 0 bridgehead atoms. The van der Waals surface area contributed by atoms with E-state index in [-0.39, 0.29) is 5.91 Å². The number of amides is 1. The molecule has 2 rings (SSSR count). The highest BCUT2D eigenvalue weighted by atomic mass is 16.4. The van der Waals surface area contributed by atoms with Gasteiger partial charge in [-0.1, -0.05) is 30.3 Å². The van der Waals surface area contributed by atoms with Gasteiger partial charge in [0.15, 0.2) is 0 Å². The Hall–Kier alpha value is -1.92. The number of aliphatic carboxylic acids is 1. The number of likely N-dealkylation sites (tertiary alicyclic amines) is 1. The molecule has 1 fully saturated rings. The fraction of sp³-hybridized carbons (Fsp3) is 0.529. The lowest BCUT2D eigenvalue weighted by Gasteiger charge is -2.32. The third kappa shape index (κ3) is 4.09. The van der Waals surface area contributed by atoms with E-state index in [0.717, 1.165) is 12.0 Å². The minimum absolute atomic E-state index is 0.229. The highest BCUT2D eigenvalue weighted by Crippen LogP contribution is 2.25. The molecule has 4 N–H and O–H groups in total. The van der Waals surface area contributed by atoms with Crippen molar-refractivity contribution in [3.05, 3.63) is 35.9 Å². The van der Waals surface area contributed by atoms with Gasteiger partial charge in [0.05, 0.1) is 24.1 Å².